The van der Waals surface area contributed by atoms with Crippen LogP contribution >= 0.6 is 24.0 Å². The summed E-state index contributed by atoms with van der Waals surface area (Å²) in [7, 11) is 1.59. The van der Waals surface area contributed by atoms with Crippen molar-refractivity contribution in [3.05, 3.63) is 70.8 Å². The summed E-state index contributed by atoms with van der Waals surface area (Å²) in [6, 6.07) is 10.4. The van der Waals surface area contributed by atoms with Crippen molar-refractivity contribution in [2.45, 2.75) is 25.7 Å². The van der Waals surface area contributed by atoms with E-state index >= 15 is 0 Å². The minimum atomic E-state index is -4.34. The standard InChI is InChI=1S/C20H22F5N3O.HI/c1-26-19(27-9-8-16-6-7-17(21)10-18(16)22)28-11-14-2-4-15(5-3-14)12-29-13-20(23,24)25;/h2-7,10H,8-9,11-13H2,1H3,(H2,26,27,28);1H. The number of halogens is 6. The van der Waals surface area contributed by atoms with E-state index in [4.69, 9.17) is 0 Å². The molecule has 0 atom stereocenters. The van der Waals surface area contributed by atoms with Gasteiger partial charge in [-0.2, -0.15) is 13.2 Å². The maximum Gasteiger partial charge on any atom is 0.411 e. The molecule has 0 radical (unpaired) electrons. The number of hydrogen-bond acceptors (Lipinski definition) is 2. The monoisotopic (exact) mass is 543 g/mol. The zero-order valence-corrected chi connectivity index (χ0v) is 18.6. The van der Waals surface area contributed by atoms with Crippen LogP contribution < -0.4 is 10.6 Å². The Hall–Kier alpha value is -1.95. The van der Waals surface area contributed by atoms with Gasteiger partial charge >= 0.3 is 6.18 Å². The third kappa shape index (κ3) is 9.70. The molecule has 0 saturated carbocycles. The first-order valence-corrected chi connectivity index (χ1v) is 8.87. The Morgan fingerprint density at radius 3 is 2.27 bits per heavy atom. The maximum absolute atomic E-state index is 13.6. The number of hydrogen-bond donors (Lipinski definition) is 2. The number of rotatable bonds is 8. The van der Waals surface area contributed by atoms with Crippen LogP contribution in [0.1, 0.15) is 16.7 Å². The average molecular weight is 543 g/mol. The lowest BCUT2D eigenvalue weighted by Gasteiger charge is -2.13. The highest BCUT2D eigenvalue weighted by molar-refractivity contribution is 14.0. The van der Waals surface area contributed by atoms with Crippen LogP contribution in [0.4, 0.5) is 22.0 Å². The molecule has 0 bridgehead atoms. The third-order valence-electron chi connectivity index (χ3n) is 3.94. The van der Waals surface area contributed by atoms with Gasteiger partial charge in [0.05, 0.1) is 6.61 Å². The predicted molar refractivity (Wildman–Crippen MR) is 116 cm³/mol. The van der Waals surface area contributed by atoms with Crippen molar-refractivity contribution in [2.24, 2.45) is 4.99 Å². The Labute approximate surface area is 188 Å². The van der Waals surface area contributed by atoms with Gasteiger partial charge in [-0.15, -0.1) is 24.0 Å². The van der Waals surface area contributed by atoms with Gasteiger partial charge in [0, 0.05) is 26.2 Å². The SMILES string of the molecule is CN=C(NCCc1ccc(F)cc1F)NCc1ccc(COCC(F)(F)F)cc1.I. The quantitative estimate of drug-likeness (QED) is 0.222. The lowest BCUT2D eigenvalue weighted by molar-refractivity contribution is -0.176. The Kier molecular flexibility index (Phi) is 11.0. The molecule has 2 N–H and O–H groups in total. The highest BCUT2D eigenvalue weighted by atomic mass is 127. The van der Waals surface area contributed by atoms with Gasteiger partial charge in [0.25, 0.3) is 0 Å². The zero-order valence-electron chi connectivity index (χ0n) is 16.2. The van der Waals surface area contributed by atoms with E-state index in [1.54, 1.807) is 31.3 Å². The molecule has 2 aromatic carbocycles. The number of aliphatic imine (C=N–C) groups is 1. The van der Waals surface area contributed by atoms with E-state index in [0.717, 1.165) is 11.6 Å². The highest BCUT2D eigenvalue weighted by Gasteiger charge is 2.27. The summed E-state index contributed by atoms with van der Waals surface area (Å²) >= 11 is 0. The van der Waals surface area contributed by atoms with Crippen LogP contribution in [0.2, 0.25) is 0 Å². The van der Waals surface area contributed by atoms with Gasteiger partial charge in [0.2, 0.25) is 0 Å². The molecular formula is C20H23F5IN3O. The summed E-state index contributed by atoms with van der Waals surface area (Å²) in [5, 5.41) is 6.12. The van der Waals surface area contributed by atoms with E-state index in [2.05, 4.69) is 20.4 Å². The van der Waals surface area contributed by atoms with Crippen LogP contribution in [0, 0.1) is 11.6 Å². The van der Waals surface area contributed by atoms with Crippen molar-refractivity contribution in [1.82, 2.24) is 10.6 Å². The molecule has 4 nitrogen and oxygen atoms in total. The third-order valence-corrected chi connectivity index (χ3v) is 3.94. The van der Waals surface area contributed by atoms with E-state index < -0.39 is 24.4 Å². The molecule has 0 spiro atoms. The second kappa shape index (κ2) is 12.7. The Bertz CT molecular complexity index is 813. The smallest absolute Gasteiger partial charge is 0.367 e. The van der Waals surface area contributed by atoms with Crippen molar-refractivity contribution in [1.29, 1.82) is 0 Å². The van der Waals surface area contributed by atoms with Crippen LogP contribution in [-0.4, -0.2) is 32.3 Å². The van der Waals surface area contributed by atoms with Gasteiger partial charge in [-0.05, 0) is 29.2 Å². The molecule has 0 fully saturated rings. The first-order valence-electron chi connectivity index (χ1n) is 8.87. The lowest BCUT2D eigenvalue weighted by atomic mass is 10.1. The van der Waals surface area contributed by atoms with Crippen molar-refractivity contribution >= 4 is 29.9 Å². The minimum absolute atomic E-state index is 0. The van der Waals surface area contributed by atoms with Gasteiger partial charge < -0.3 is 15.4 Å². The summed E-state index contributed by atoms with van der Waals surface area (Å²) in [4.78, 5) is 4.07. The van der Waals surface area contributed by atoms with Crippen molar-refractivity contribution in [3.63, 3.8) is 0 Å². The summed E-state index contributed by atoms with van der Waals surface area (Å²) < 4.78 is 67.4. The largest absolute Gasteiger partial charge is 0.411 e. The summed E-state index contributed by atoms with van der Waals surface area (Å²) in [6.45, 7) is -0.553. The number of nitrogens with zero attached hydrogens (tertiary/aromatic N) is 1. The van der Waals surface area contributed by atoms with Crippen molar-refractivity contribution in [2.75, 3.05) is 20.2 Å². The molecular weight excluding hydrogens is 520 g/mol. The topological polar surface area (TPSA) is 45.7 Å². The van der Waals surface area contributed by atoms with Crippen LogP contribution in [-0.2, 0) is 24.3 Å². The van der Waals surface area contributed by atoms with Gasteiger partial charge in [-0.1, -0.05) is 30.3 Å². The number of ether oxygens (including phenoxy) is 1. The number of nitrogens with one attached hydrogen (secondary N) is 2. The summed E-state index contributed by atoms with van der Waals surface area (Å²) in [5.41, 5.74) is 1.94. The minimum Gasteiger partial charge on any atom is -0.367 e. The van der Waals surface area contributed by atoms with Crippen molar-refractivity contribution < 1.29 is 26.7 Å². The summed E-state index contributed by atoms with van der Waals surface area (Å²) in [5.74, 6) is -0.700. The molecule has 166 valence electrons. The molecule has 0 amide bonds. The van der Waals surface area contributed by atoms with E-state index in [1.165, 1.54) is 12.1 Å². The molecule has 0 aromatic heterocycles. The van der Waals surface area contributed by atoms with Gasteiger partial charge in [-0.3, -0.25) is 4.99 Å². The first-order chi connectivity index (χ1) is 13.8. The van der Waals surface area contributed by atoms with E-state index in [9.17, 15) is 22.0 Å². The number of benzene rings is 2. The normalized spacial score (nSPS) is 11.7. The van der Waals surface area contributed by atoms with Crippen LogP contribution in [0.3, 0.4) is 0 Å². The van der Waals surface area contributed by atoms with Gasteiger partial charge in [-0.25, -0.2) is 8.78 Å². The second-order valence-corrected chi connectivity index (χ2v) is 6.26. The maximum atomic E-state index is 13.6. The molecule has 0 aliphatic heterocycles. The van der Waals surface area contributed by atoms with Gasteiger partial charge in [0.1, 0.15) is 18.2 Å². The lowest BCUT2D eigenvalue weighted by Crippen LogP contribution is -2.37. The number of alkyl halides is 3. The number of guanidine groups is 1. The van der Waals surface area contributed by atoms with Gasteiger partial charge in [0.15, 0.2) is 5.96 Å². The average Bonchev–Trinajstić information content (AvgIpc) is 2.66. The molecule has 2 aromatic rings. The van der Waals surface area contributed by atoms with E-state index in [0.29, 0.717) is 36.6 Å². The zero-order chi connectivity index (χ0) is 21.3. The molecule has 0 saturated heterocycles. The molecule has 0 unspecified atom stereocenters. The molecule has 2 rings (SSSR count). The highest BCUT2D eigenvalue weighted by Crippen LogP contribution is 2.16. The fourth-order valence-corrected chi connectivity index (χ4v) is 2.48. The van der Waals surface area contributed by atoms with E-state index in [1.807, 2.05) is 0 Å². The predicted octanol–water partition coefficient (Wildman–Crippen LogP) is 4.57. The molecule has 10 heteroatoms. The second-order valence-electron chi connectivity index (χ2n) is 6.26. The fraction of sp³-hybridized carbons (Fsp3) is 0.350. The molecule has 0 aliphatic rings. The fourth-order valence-electron chi connectivity index (χ4n) is 2.48. The van der Waals surface area contributed by atoms with Crippen LogP contribution in [0.5, 0.6) is 0 Å². The van der Waals surface area contributed by atoms with Crippen LogP contribution in [0.25, 0.3) is 0 Å². The molecule has 30 heavy (non-hydrogen) atoms. The Morgan fingerprint density at radius 2 is 1.67 bits per heavy atom. The van der Waals surface area contributed by atoms with E-state index in [-0.39, 0.29) is 30.6 Å². The Balaban J connectivity index is 0.00000450. The summed E-state index contributed by atoms with van der Waals surface area (Å²) in [6.07, 6.45) is -3.98. The van der Waals surface area contributed by atoms with Crippen LogP contribution in [0.15, 0.2) is 47.5 Å². The molecule has 0 aliphatic carbocycles. The first kappa shape index (κ1) is 26.1. The Morgan fingerprint density at radius 1 is 1.00 bits per heavy atom. The molecule has 0 heterocycles. The van der Waals surface area contributed by atoms with Crippen molar-refractivity contribution in [3.8, 4) is 0 Å².